The molecule has 0 saturated carbocycles. The van der Waals surface area contributed by atoms with Crippen molar-refractivity contribution in [2.24, 2.45) is 0 Å². The SMILES string of the molecule is c1ccc2nc3c(cc2c1)c(-c1ccc(-c2ccc4oc5ccccc5c4c2)cc1)nc1ccccc13. The lowest BCUT2D eigenvalue weighted by Crippen LogP contribution is -1.92. The molecule has 0 saturated heterocycles. The maximum Gasteiger partial charge on any atom is 0.135 e. The summed E-state index contributed by atoms with van der Waals surface area (Å²) in [5, 5.41) is 5.53. The van der Waals surface area contributed by atoms with E-state index in [0.717, 1.165) is 77.0 Å². The standard InChI is InChI=1S/C34H20N2O/c1-4-10-29-24(7-1)20-28-33(36-30-11-5-2-9-26(30)34(28)35-29)22-15-13-21(14-16-22)23-17-18-32-27(19-23)25-8-3-6-12-31(25)37-32/h1-20H. The highest BCUT2D eigenvalue weighted by atomic mass is 16.3. The van der Waals surface area contributed by atoms with Gasteiger partial charge in [0.25, 0.3) is 0 Å². The van der Waals surface area contributed by atoms with Crippen molar-refractivity contribution < 1.29 is 4.42 Å². The first kappa shape index (κ1) is 20.2. The lowest BCUT2D eigenvalue weighted by atomic mass is 9.98. The van der Waals surface area contributed by atoms with Crippen molar-refractivity contribution in [3.05, 3.63) is 121 Å². The molecular formula is C34H20N2O. The van der Waals surface area contributed by atoms with Gasteiger partial charge in [-0.2, -0.15) is 0 Å². The van der Waals surface area contributed by atoms with Gasteiger partial charge in [0, 0.05) is 32.5 Å². The molecule has 3 aromatic heterocycles. The van der Waals surface area contributed by atoms with E-state index in [1.54, 1.807) is 0 Å². The van der Waals surface area contributed by atoms with Crippen LogP contribution in [-0.2, 0) is 0 Å². The molecule has 0 N–H and O–H groups in total. The van der Waals surface area contributed by atoms with Gasteiger partial charge in [0.05, 0.1) is 22.2 Å². The number of pyridine rings is 2. The molecule has 3 heteroatoms. The zero-order valence-electron chi connectivity index (χ0n) is 19.8. The molecule has 0 unspecified atom stereocenters. The summed E-state index contributed by atoms with van der Waals surface area (Å²) in [4.78, 5) is 10.2. The molecule has 0 amide bonds. The minimum Gasteiger partial charge on any atom is -0.456 e. The molecule has 8 aromatic rings. The van der Waals surface area contributed by atoms with E-state index in [0.29, 0.717) is 0 Å². The Balaban J connectivity index is 1.30. The van der Waals surface area contributed by atoms with E-state index in [4.69, 9.17) is 14.4 Å². The minimum atomic E-state index is 0.910. The van der Waals surface area contributed by atoms with Crippen LogP contribution in [0.15, 0.2) is 126 Å². The van der Waals surface area contributed by atoms with Gasteiger partial charge in [-0.15, -0.1) is 0 Å². The molecule has 5 aromatic carbocycles. The van der Waals surface area contributed by atoms with Gasteiger partial charge < -0.3 is 4.42 Å². The third-order valence-corrected chi connectivity index (χ3v) is 7.24. The number of fused-ring (bicyclic) bond motifs is 7. The van der Waals surface area contributed by atoms with Crippen molar-refractivity contribution in [3.8, 4) is 22.4 Å². The molecule has 0 aliphatic heterocycles. The second kappa shape index (κ2) is 7.74. The number of para-hydroxylation sites is 3. The van der Waals surface area contributed by atoms with Gasteiger partial charge in [-0.1, -0.05) is 84.9 Å². The zero-order valence-corrected chi connectivity index (χ0v) is 19.8. The van der Waals surface area contributed by atoms with E-state index in [2.05, 4.69) is 97.1 Å². The van der Waals surface area contributed by atoms with Gasteiger partial charge in [0.2, 0.25) is 0 Å². The van der Waals surface area contributed by atoms with Crippen LogP contribution < -0.4 is 0 Å². The van der Waals surface area contributed by atoms with Crippen molar-refractivity contribution in [1.29, 1.82) is 0 Å². The quantitative estimate of drug-likeness (QED) is 0.186. The summed E-state index contributed by atoms with van der Waals surface area (Å²) in [6.45, 7) is 0. The Morgan fingerprint density at radius 2 is 1.11 bits per heavy atom. The van der Waals surface area contributed by atoms with E-state index >= 15 is 0 Å². The van der Waals surface area contributed by atoms with Crippen molar-refractivity contribution in [2.45, 2.75) is 0 Å². The third-order valence-electron chi connectivity index (χ3n) is 7.24. The molecular weight excluding hydrogens is 452 g/mol. The Hall–Kier alpha value is -5.02. The normalized spacial score (nSPS) is 11.8. The molecule has 0 radical (unpaired) electrons. The Morgan fingerprint density at radius 3 is 2.00 bits per heavy atom. The highest BCUT2D eigenvalue weighted by Crippen LogP contribution is 2.36. The van der Waals surface area contributed by atoms with Gasteiger partial charge >= 0.3 is 0 Å². The Morgan fingerprint density at radius 1 is 0.432 bits per heavy atom. The van der Waals surface area contributed by atoms with Gasteiger partial charge in [0.15, 0.2) is 0 Å². The molecule has 0 aliphatic rings. The number of aromatic nitrogens is 2. The van der Waals surface area contributed by atoms with Crippen LogP contribution in [0.4, 0.5) is 0 Å². The Bertz CT molecular complexity index is 2140. The fourth-order valence-electron chi connectivity index (χ4n) is 5.40. The predicted molar refractivity (Wildman–Crippen MR) is 153 cm³/mol. The summed E-state index contributed by atoms with van der Waals surface area (Å²) in [5.74, 6) is 0. The first-order chi connectivity index (χ1) is 18.3. The molecule has 3 heterocycles. The van der Waals surface area contributed by atoms with Crippen LogP contribution in [-0.4, -0.2) is 9.97 Å². The first-order valence-corrected chi connectivity index (χ1v) is 12.4. The Labute approximate surface area is 212 Å². The topological polar surface area (TPSA) is 38.9 Å². The van der Waals surface area contributed by atoms with Gasteiger partial charge in [-0.05, 0) is 47.5 Å². The molecule has 172 valence electrons. The molecule has 8 rings (SSSR count). The second-order valence-corrected chi connectivity index (χ2v) is 9.44. The van der Waals surface area contributed by atoms with Crippen LogP contribution in [0.2, 0.25) is 0 Å². The summed E-state index contributed by atoms with van der Waals surface area (Å²) >= 11 is 0. The van der Waals surface area contributed by atoms with Crippen molar-refractivity contribution in [2.75, 3.05) is 0 Å². The van der Waals surface area contributed by atoms with Gasteiger partial charge in [-0.25, -0.2) is 9.97 Å². The van der Waals surface area contributed by atoms with Crippen LogP contribution in [0.25, 0.3) is 77.0 Å². The number of rotatable bonds is 2. The van der Waals surface area contributed by atoms with E-state index in [9.17, 15) is 0 Å². The maximum atomic E-state index is 6.01. The predicted octanol–water partition coefficient (Wildman–Crippen LogP) is 9.17. The highest BCUT2D eigenvalue weighted by molar-refractivity contribution is 6.12. The third kappa shape index (κ3) is 3.14. The molecule has 0 spiro atoms. The fourth-order valence-corrected chi connectivity index (χ4v) is 5.40. The van der Waals surface area contributed by atoms with Crippen molar-refractivity contribution in [3.63, 3.8) is 0 Å². The highest BCUT2D eigenvalue weighted by Gasteiger charge is 2.14. The monoisotopic (exact) mass is 472 g/mol. The van der Waals surface area contributed by atoms with E-state index in [1.165, 1.54) is 0 Å². The molecule has 37 heavy (non-hydrogen) atoms. The smallest absolute Gasteiger partial charge is 0.135 e. The lowest BCUT2D eigenvalue weighted by Gasteiger charge is -2.11. The first-order valence-electron chi connectivity index (χ1n) is 12.4. The van der Waals surface area contributed by atoms with Crippen LogP contribution >= 0.6 is 0 Å². The van der Waals surface area contributed by atoms with Crippen LogP contribution in [0.5, 0.6) is 0 Å². The average molecular weight is 473 g/mol. The van der Waals surface area contributed by atoms with E-state index in [1.807, 2.05) is 24.3 Å². The van der Waals surface area contributed by atoms with Crippen LogP contribution in [0, 0.1) is 0 Å². The number of hydrogen-bond donors (Lipinski definition) is 0. The molecule has 0 fully saturated rings. The second-order valence-electron chi connectivity index (χ2n) is 9.44. The molecule has 0 bridgehead atoms. The number of hydrogen-bond acceptors (Lipinski definition) is 3. The van der Waals surface area contributed by atoms with Crippen molar-refractivity contribution >= 4 is 54.6 Å². The number of benzene rings is 5. The maximum absolute atomic E-state index is 6.01. The fraction of sp³-hybridized carbons (Fsp3) is 0. The van der Waals surface area contributed by atoms with Crippen LogP contribution in [0.3, 0.4) is 0 Å². The molecule has 3 nitrogen and oxygen atoms in total. The molecule has 0 atom stereocenters. The number of nitrogens with zero attached hydrogens (tertiary/aromatic N) is 2. The summed E-state index contributed by atoms with van der Waals surface area (Å²) < 4.78 is 6.01. The molecule has 0 aliphatic carbocycles. The average Bonchev–Trinajstić information content (AvgIpc) is 3.34. The van der Waals surface area contributed by atoms with Gasteiger partial charge in [-0.3, -0.25) is 0 Å². The Kier molecular flexibility index (Phi) is 4.23. The van der Waals surface area contributed by atoms with Crippen molar-refractivity contribution in [1.82, 2.24) is 9.97 Å². The minimum absolute atomic E-state index is 0.910. The number of furan rings is 1. The van der Waals surface area contributed by atoms with Crippen LogP contribution in [0.1, 0.15) is 0 Å². The lowest BCUT2D eigenvalue weighted by molar-refractivity contribution is 0.669. The summed E-state index contributed by atoms with van der Waals surface area (Å²) in [6, 6.07) is 42.0. The summed E-state index contributed by atoms with van der Waals surface area (Å²) in [6.07, 6.45) is 0. The largest absolute Gasteiger partial charge is 0.456 e. The van der Waals surface area contributed by atoms with Gasteiger partial charge in [0.1, 0.15) is 11.2 Å². The van der Waals surface area contributed by atoms with E-state index < -0.39 is 0 Å². The summed E-state index contributed by atoms with van der Waals surface area (Å²) in [5.41, 5.74) is 9.11. The zero-order chi connectivity index (χ0) is 24.3. The van der Waals surface area contributed by atoms with E-state index in [-0.39, 0.29) is 0 Å². The summed E-state index contributed by atoms with van der Waals surface area (Å²) in [7, 11) is 0.